The lowest BCUT2D eigenvalue weighted by Gasteiger charge is -2.25. The molecule has 0 aromatic heterocycles. The Hall–Kier alpha value is -1.55. The summed E-state index contributed by atoms with van der Waals surface area (Å²) in [6.45, 7) is 5.41. The van der Waals surface area contributed by atoms with E-state index >= 15 is 0 Å². The van der Waals surface area contributed by atoms with Gasteiger partial charge in [-0.05, 0) is 49.4 Å². The van der Waals surface area contributed by atoms with Crippen LogP contribution in [0.5, 0.6) is 5.75 Å². The molecular formula is C18H28N2O2. The third-order valence-electron chi connectivity index (χ3n) is 4.09. The van der Waals surface area contributed by atoms with Crippen LogP contribution in [0.4, 0.5) is 0 Å². The molecule has 0 aliphatic heterocycles. The van der Waals surface area contributed by atoms with E-state index < -0.39 is 0 Å². The van der Waals surface area contributed by atoms with E-state index in [1.807, 2.05) is 36.2 Å². The zero-order valence-electron chi connectivity index (χ0n) is 14.0. The van der Waals surface area contributed by atoms with Crippen molar-refractivity contribution in [3.05, 3.63) is 29.8 Å². The molecule has 0 heterocycles. The minimum absolute atomic E-state index is 0.192. The number of benzene rings is 1. The molecule has 0 saturated heterocycles. The molecule has 2 rings (SSSR count). The van der Waals surface area contributed by atoms with Gasteiger partial charge in [0, 0.05) is 20.1 Å². The average Bonchev–Trinajstić information content (AvgIpc) is 3.31. The van der Waals surface area contributed by atoms with Gasteiger partial charge in [0.2, 0.25) is 5.91 Å². The Morgan fingerprint density at radius 3 is 2.77 bits per heavy atom. The number of nitrogens with zero attached hydrogens (tertiary/aromatic N) is 2. The van der Waals surface area contributed by atoms with Gasteiger partial charge in [-0.25, -0.2) is 0 Å². The number of rotatable bonds is 9. The maximum atomic E-state index is 12.4. The Balaban J connectivity index is 1.86. The van der Waals surface area contributed by atoms with E-state index in [9.17, 15) is 4.79 Å². The Morgan fingerprint density at radius 1 is 1.36 bits per heavy atom. The standard InChI is InChI=1S/C18H28N2O2/c1-4-10-20(13-15-8-9-15)14-18(21)19(2)12-16-6-5-7-17(11-16)22-3/h5-7,11,15H,4,8-10,12-14H2,1-3H3. The van der Waals surface area contributed by atoms with Crippen molar-refractivity contribution >= 4 is 5.91 Å². The molecule has 0 atom stereocenters. The molecule has 0 spiro atoms. The molecule has 1 aliphatic rings. The van der Waals surface area contributed by atoms with Crippen molar-refractivity contribution in [1.82, 2.24) is 9.80 Å². The number of hydrogen-bond donors (Lipinski definition) is 0. The van der Waals surface area contributed by atoms with Gasteiger partial charge in [0.1, 0.15) is 5.75 Å². The largest absolute Gasteiger partial charge is 0.497 e. The van der Waals surface area contributed by atoms with Crippen molar-refractivity contribution in [2.24, 2.45) is 5.92 Å². The first kappa shape index (κ1) is 16.8. The fraction of sp³-hybridized carbons (Fsp3) is 0.611. The number of carbonyl (C=O) groups excluding carboxylic acids is 1. The summed E-state index contributed by atoms with van der Waals surface area (Å²) in [4.78, 5) is 16.6. The summed E-state index contributed by atoms with van der Waals surface area (Å²) < 4.78 is 5.23. The molecule has 0 N–H and O–H groups in total. The van der Waals surface area contributed by atoms with Crippen LogP contribution in [0, 0.1) is 5.92 Å². The second-order valence-electron chi connectivity index (χ2n) is 6.28. The van der Waals surface area contributed by atoms with Crippen LogP contribution in [0.25, 0.3) is 0 Å². The van der Waals surface area contributed by atoms with Gasteiger partial charge >= 0.3 is 0 Å². The number of carbonyl (C=O) groups is 1. The molecule has 1 aromatic rings. The Kier molecular flexibility index (Phi) is 6.25. The quantitative estimate of drug-likeness (QED) is 0.703. The molecule has 1 saturated carbocycles. The van der Waals surface area contributed by atoms with Gasteiger partial charge in [-0.15, -0.1) is 0 Å². The third-order valence-corrected chi connectivity index (χ3v) is 4.09. The normalized spacial score (nSPS) is 14.2. The minimum atomic E-state index is 0.192. The van der Waals surface area contributed by atoms with Crippen molar-refractivity contribution in [3.63, 3.8) is 0 Å². The molecule has 122 valence electrons. The van der Waals surface area contributed by atoms with E-state index in [0.717, 1.165) is 36.7 Å². The second-order valence-corrected chi connectivity index (χ2v) is 6.28. The fourth-order valence-electron chi connectivity index (χ4n) is 2.66. The van der Waals surface area contributed by atoms with Gasteiger partial charge in [0.05, 0.1) is 13.7 Å². The topological polar surface area (TPSA) is 32.8 Å². The van der Waals surface area contributed by atoms with Gasteiger partial charge in [-0.2, -0.15) is 0 Å². The Bertz CT molecular complexity index is 486. The molecule has 1 fully saturated rings. The SMILES string of the molecule is CCCN(CC(=O)N(C)Cc1cccc(OC)c1)CC1CC1. The van der Waals surface area contributed by atoms with Crippen molar-refractivity contribution in [2.75, 3.05) is 33.8 Å². The molecule has 0 radical (unpaired) electrons. The lowest BCUT2D eigenvalue weighted by Crippen LogP contribution is -2.39. The Morgan fingerprint density at radius 2 is 2.14 bits per heavy atom. The van der Waals surface area contributed by atoms with Crippen LogP contribution in [0.3, 0.4) is 0 Å². The number of likely N-dealkylation sites (N-methyl/N-ethyl adjacent to an activating group) is 1. The molecule has 1 aromatic carbocycles. The smallest absolute Gasteiger partial charge is 0.236 e. The summed E-state index contributed by atoms with van der Waals surface area (Å²) in [5.74, 6) is 1.85. The van der Waals surface area contributed by atoms with E-state index in [1.165, 1.54) is 12.8 Å². The average molecular weight is 304 g/mol. The summed E-state index contributed by atoms with van der Waals surface area (Å²) in [5.41, 5.74) is 1.10. The summed E-state index contributed by atoms with van der Waals surface area (Å²) in [6, 6.07) is 7.89. The van der Waals surface area contributed by atoms with Crippen molar-refractivity contribution in [3.8, 4) is 5.75 Å². The van der Waals surface area contributed by atoms with E-state index in [2.05, 4.69) is 11.8 Å². The van der Waals surface area contributed by atoms with Crippen LogP contribution in [0.1, 0.15) is 31.7 Å². The van der Waals surface area contributed by atoms with E-state index in [0.29, 0.717) is 13.1 Å². The van der Waals surface area contributed by atoms with Crippen LogP contribution >= 0.6 is 0 Å². The predicted molar refractivity (Wildman–Crippen MR) is 88.9 cm³/mol. The summed E-state index contributed by atoms with van der Waals surface area (Å²) in [6.07, 6.45) is 3.75. The third kappa shape index (κ3) is 5.34. The lowest BCUT2D eigenvalue weighted by molar-refractivity contribution is -0.131. The maximum Gasteiger partial charge on any atom is 0.236 e. The highest BCUT2D eigenvalue weighted by Crippen LogP contribution is 2.29. The van der Waals surface area contributed by atoms with Gasteiger partial charge in [0.25, 0.3) is 0 Å². The van der Waals surface area contributed by atoms with Gasteiger partial charge in [0.15, 0.2) is 0 Å². The maximum absolute atomic E-state index is 12.4. The zero-order chi connectivity index (χ0) is 15.9. The molecule has 1 amide bonds. The molecule has 1 aliphatic carbocycles. The highest BCUT2D eigenvalue weighted by Gasteiger charge is 2.25. The van der Waals surface area contributed by atoms with Gasteiger partial charge in [-0.3, -0.25) is 9.69 Å². The van der Waals surface area contributed by atoms with Gasteiger partial charge < -0.3 is 9.64 Å². The fourth-order valence-corrected chi connectivity index (χ4v) is 2.66. The number of hydrogen-bond acceptors (Lipinski definition) is 3. The highest BCUT2D eigenvalue weighted by atomic mass is 16.5. The summed E-state index contributed by atoms with van der Waals surface area (Å²) in [7, 11) is 3.54. The predicted octanol–water partition coefficient (Wildman–Crippen LogP) is 2.78. The summed E-state index contributed by atoms with van der Waals surface area (Å²) >= 11 is 0. The summed E-state index contributed by atoms with van der Waals surface area (Å²) in [5, 5.41) is 0. The van der Waals surface area contributed by atoms with Crippen LogP contribution in [0.2, 0.25) is 0 Å². The van der Waals surface area contributed by atoms with Crippen LogP contribution in [-0.2, 0) is 11.3 Å². The molecular weight excluding hydrogens is 276 g/mol. The van der Waals surface area contributed by atoms with Crippen molar-refractivity contribution in [1.29, 1.82) is 0 Å². The Labute approximate surface area is 134 Å². The first-order chi connectivity index (χ1) is 10.6. The molecule has 0 unspecified atom stereocenters. The number of ether oxygens (including phenoxy) is 1. The van der Waals surface area contributed by atoms with E-state index in [-0.39, 0.29) is 5.91 Å². The first-order valence-corrected chi connectivity index (χ1v) is 8.21. The molecule has 4 nitrogen and oxygen atoms in total. The van der Waals surface area contributed by atoms with Crippen LogP contribution in [-0.4, -0.2) is 49.5 Å². The van der Waals surface area contributed by atoms with Crippen LogP contribution in [0.15, 0.2) is 24.3 Å². The molecule has 4 heteroatoms. The molecule has 0 bridgehead atoms. The van der Waals surface area contributed by atoms with E-state index in [4.69, 9.17) is 4.74 Å². The minimum Gasteiger partial charge on any atom is -0.497 e. The van der Waals surface area contributed by atoms with Gasteiger partial charge in [-0.1, -0.05) is 19.1 Å². The highest BCUT2D eigenvalue weighted by molar-refractivity contribution is 5.78. The van der Waals surface area contributed by atoms with E-state index in [1.54, 1.807) is 7.11 Å². The van der Waals surface area contributed by atoms with Crippen molar-refractivity contribution in [2.45, 2.75) is 32.7 Å². The van der Waals surface area contributed by atoms with Crippen molar-refractivity contribution < 1.29 is 9.53 Å². The molecule has 22 heavy (non-hydrogen) atoms. The van der Waals surface area contributed by atoms with Crippen LogP contribution < -0.4 is 4.74 Å². The zero-order valence-corrected chi connectivity index (χ0v) is 14.0. The number of amides is 1. The monoisotopic (exact) mass is 304 g/mol. The second kappa shape index (κ2) is 8.18. The first-order valence-electron chi connectivity index (χ1n) is 8.21. The number of methoxy groups -OCH3 is 1. The lowest BCUT2D eigenvalue weighted by atomic mass is 10.2.